The van der Waals surface area contributed by atoms with Crippen LogP contribution in [0.15, 0.2) is 0 Å². The van der Waals surface area contributed by atoms with Gasteiger partial charge in [-0.2, -0.15) is 10.4 Å². The van der Waals surface area contributed by atoms with E-state index in [1.165, 1.54) is 0 Å². The van der Waals surface area contributed by atoms with Crippen molar-refractivity contribution in [2.45, 2.75) is 26.7 Å². The van der Waals surface area contributed by atoms with E-state index in [1.54, 1.807) is 7.11 Å². The fourth-order valence-corrected chi connectivity index (χ4v) is 1.69. The first-order valence-corrected chi connectivity index (χ1v) is 5.79. The van der Waals surface area contributed by atoms with Crippen molar-refractivity contribution < 1.29 is 4.74 Å². The quantitative estimate of drug-likeness (QED) is 0.756. The molecule has 0 fully saturated rings. The van der Waals surface area contributed by atoms with E-state index in [0.29, 0.717) is 24.5 Å². The second-order valence-electron chi connectivity index (χ2n) is 3.59. The molecule has 1 aromatic rings. The van der Waals surface area contributed by atoms with Gasteiger partial charge in [0.25, 0.3) is 0 Å². The minimum absolute atomic E-state index is 0.554. The van der Waals surface area contributed by atoms with Gasteiger partial charge in [-0.15, -0.1) is 5.10 Å². The van der Waals surface area contributed by atoms with Crippen molar-refractivity contribution in [1.29, 1.82) is 5.26 Å². The molecule has 0 bridgehead atoms. The molecule has 1 N–H and O–H groups in total. The van der Waals surface area contributed by atoms with Crippen molar-refractivity contribution in [2.75, 3.05) is 25.6 Å². The molecule has 0 aromatic carbocycles. The summed E-state index contributed by atoms with van der Waals surface area (Å²) in [5.41, 5.74) is 2.50. The molecule has 17 heavy (non-hydrogen) atoms. The smallest absolute Gasteiger partial charge is 0.167 e. The minimum Gasteiger partial charge on any atom is -0.383 e. The van der Waals surface area contributed by atoms with E-state index in [-0.39, 0.29) is 0 Å². The second kappa shape index (κ2) is 6.81. The molecule has 0 saturated carbocycles. The molecular weight excluding hydrogens is 216 g/mol. The first-order valence-electron chi connectivity index (χ1n) is 5.79. The van der Waals surface area contributed by atoms with Gasteiger partial charge in [-0.3, -0.25) is 0 Å². The largest absolute Gasteiger partial charge is 0.383 e. The van der Waals surface area contributed by atoms with Crippen molar-refractivity contribution in [3.05, 3.63) is 16.8 Å². The van der Waals surface area contributed by atoms with Crippen molar-refractivity contribution in [1.82, 2.24) is 10.2 Å². The predicted molar refractivity (Wildman–Crippen MR) is 65.9 cm³/mol. The van der Waals surface area contributed by atoms with Crippen LogP contribution in [-0.2, 0) is 17.6 Å². The fraction of sp³-hybridized carbons (Fsp3) is 0.583. The molecule has 0 aliphatic carbocycles. The third-order valence-electron chi connectivity index (χ3n) is 2.56. The Bertz CT molecular complexity index is 412. The lowest BCUT2D eigenvalue weighted by atomic mass is 10.0. The van der Waals surface area contributed by atoms with E-state index in [9.17, 15) is 5.26 Å². The number of aryl methyl sites for hydroxylation is 1. The van der Waals surface area contributed by atoms with E-state index >= 15 is 0 Å². The normalized spacial score (nSPS) is 10.0. The average Bonchev–Trinajstić information content (AvgIpc) is 2.38. The van der Waals surface area contributed by atoms with Crippen molar-refractivity contribution in [3.63, 3.8) is 0 Å². The average molecular weight is 234 g/mol. The third-order valence-corrected chi connectivity index (χ3v) is 2.56. The SMILES string of the molecule is CCc1nnc(NCCOC)c(C#N)c1CC. The van der Waals surface area contributed by atoms with Crippen LogP contribution in [-0.4, -0.2) is 30.5 Å². The maximum absolute atomic E-state index is 9.22. The van der Waals surface area contributed by atoms with Crippen LogP contribution >= 0.6 is 0 Å². The molecule has 0 aliphatic rings. The number of nitriles is 1. The van der Waals surface area contributed by atoms with Crippen molar-refractivity contribution in [2.24, 2.45) is 0 Å². The topological polar surface area (TPSA) is 70.8 Å². The summed E-state index contributed by atoms with van der Waals surface area (Å²) in [6, 6.07) is 2.21. The summed E-state index contributed by atoms with van der Waals surface area (Å²) >= 11 is 0. The number of rotatable bonds is 6. The molecule has 5 nitrogen and oxygen atoms in total. The molecule has 5 heteroatoms. The predicted octanol–water partition coefficient (Wildman–Crippen LogP) is 1.53. The molecule has 0 spiro atoms. The first-order chi connectivity index (χ1) is 8.28. The van der Waals surface area contributed by atoms with Gasteiger partial charge in [0, 0.05) is 13.7 Å². The van der Waals surface area contributed by atoms with Gasteiger partial charge in [-0.05, 0) is 18.4 Å². The molecular formula is C12H18N4O. The zero-order valence-corrected chi connectivity index (χ0v) is 10.6. The lowest BCUT2D eigenvalue weighted by Gasteiger charge is -2.11. The Morgan fingerprint density at radius 2 is 2.06 bits per heavy atom. The molecule has 1 heterocycles. The van der Waals surface area contributed by atoms with Gasteiger partial charge in [-0.1, -0.05) is 13.8 Å². The third kappa shape index (κ3) is 3.14. The molecule has 0 radical (unpaired) electrons. The summed E-state index contributed by atoms with van der Waals surface area (Å²) in [5.74, 6) is 0.554. The van der Waals surface area contributed by atoms with Crippen molar-refractivity contribution >= 4 is 5.82 Å². The minimum atomic E-state index is 0.554. The fourth-order valence-electron chi connectivity index (χ4n) is 1.69. The van der Waals surface area contributed by atoms with Crippen LogP contribution in [0.1, 0.15) is 30.7 Å². The van der Waals surface area contributed by atoms with Crippen LogP contribution in [0.5, 0.6) is 0 Å². The first kappa shape index (κ1) is 13.4. The summed E-state index contributed by atoms with van der Waals surface area (Å²) in [5, 5.41) is 20.5. The van der Waals surface area contributed by atoms with Gasteiger partial charge in [0.1, 0.15) is 11.6 Å². The lowest BCUT2D eigenvalue weighted by molar-refractivity contribution is 0.210. The van der Waals surface area contributed by atoms with E-state index in [1.807, 2.05) is 13.8 Å². The number of anilines is 1. The van der Waals surface area contributed by atoms with Crippen LogP contribution in [0.4, 0.5) is 5.82 Å². The summed E-state index contributed by atoms with van der Waals surface area (Å²) in [4.78, 5) is 0. The number of aromatic nitrogens is 2. The maximum atomic E-state index is 9.22. The van der Waals surface area contributed by atoms with E-state index in [0.717, 1.165) is 24.1 Å². The second-order valence-corrected chi connectivity index (χ2v) is 3.59. The lowest BCUT2D eigenvalue weighted by Crippen LogP contribution is -2.13. The standard InChI is InChI=1S/C12H18N4O/c1-4-9-10(8-13)12(14-6-7-17-3)16-15-11(9)5-2/h4-7H2,1-3H3,(H,14,16). The van der Waals surface area contributed by atoms with Gasteiger partial charge in [0.2, 0.25) is 0 Å². The molecule has 1 aromatic heterocycles. The zero-order chi connectivity index (χ0) is 12.7. The Hall–Kier alpha value is -1.67. The monoisotopic (exact) mass is 234 g/mol. The summed E-state index contributed by atoms with van der Waals surface area (Å²) in [6.07, 6.45) is 1.59. The number of nitrogens with zero attached hydrogens (tertiary/aromatic N) is 3. The van der Waals surface area contributed by atoms with Gasteiger partial charge in [0.15, 0.2) is 5.82 Å². The molecule has 0 unspecified atom stereocenters. The van der Waals surface area contributed by atoms with Crippen LogP contribution in [0.25, 0.3) is 0 Å². The highest BCUT2D eigenvalue weighted by atomic mass is 16.5. The Morgan fingerprint density at radius 1 is 1.29 bits per heavy atom. The Kier molecular flexibility index (Phi) is 5.37. The number of ether oxygens (including phenoxy) is 1. The molecule has 0 saturated heterocycles. The molecule has 0 atom stereocenters. The van der Waals surface area contributed by atoms with Gasteiger partial charge in [-0.25, -0.2) is 0 Å². The summed E-state index contributed by atoms with van der Waals surface area (Å²) < 4.78 is 4.94. The van der Waals surface area contributed by atoms with Gasteiger partial charge >= 0.3 is 0 Å². The number of hydrogen-bond acceptors (Lipinski definition) is 5. The highest BCUT2D eigenvalue weighted by Crippen LogP contribution is 2.19. The molecule has 0 aliphatic heterocycles. The maximum Gasteiger partial charge on any atom is 0.167 e. The van der Waals surface area contributed by atoms with Gasteiger partial charge < -0.3 is 10.1 Å². The van der Waals surface area contributed by atoms with Crippen LogP contribution in [0, 0.1) is 11.3 Å². The highest BCUT2D eigenvalue weighted by Gasteiger charge is 2.13. The van der Waals surface area contributed by atoms with Crippen LogP contribution in [0.2, 0.25) is 0 Å². The van der Waals surface area contributed by atoms with E-state index in [4.69, 9.17) is 4.74 Å². The molecule has 92 valence electrons. The number of methoxy groups -OCH3 is 1. The molecule has 1 rings (SSSR count). The summed E-state index contributed by atoms with van der Waals surface area (Å²) in [6.45, 7) is 5.23. The van der Waals surface area contributed by atoms with Crippen molar-refractivity contribution in [3.8, 4) is 6.07 Å². The Balaban J connectivity index is 3.02. The Morgan fingerprint density at radius 3 is 2.59 bits per heavy atom. The zero-order valence-electron chi connectivity index (χ0n) is 10.6. The number of nitrogens with one attached hydrogen (secondary N) is 1. The van der Waals surface area contributed by atoms with Crippen LogP contribution < -0.4 is 5.32 Å². The summed E-state index contributed by atoms with van der Waals surface area (Å²) in [7, 11) is 1.64. The molecule has 0 amide bonds. The van der Waals surface area contributed by atoms with Crippen LogP contribution in [0.3, 0.4) is 0 Å². The Labute approximate surface area is 102 Å². The number of hydrogen-bond donors (Lipinski definition) is 1. The van der Waals surface area contributed by atoms with Gasteiger partial charge in [0.05, 0.1) is 12.3 Å². The van der Waals surface area contributed by atoms with E-state index < -0.39 is 0 Å². The highest BCUT2D eigenvalue weighted by molar-refractivity contribution is 5.56. The van der Waals surface area contributed by atoms with E-state index in [2.05, 4.69) is 21.6 Å².